The van der Waals surface area contributed by atoms with E-state index in [1.165, 1.54) is 12.1 Å². The molecule has 0 aromatic heterocycles. The number of rotatable bonds is 8. The van der Waals surface area contributed by atoms with E-state index in [1.54, 1.807) is 33.4 Å². The lowest BCUT2D eigenvalue weighted by molar-refractivity contribution is -0.384. The van der Waals surface area contributed by atoms with Gasteiger partial charge in [0.05, 0.1) is 19.1 Å². The Kier molecular flexibility index (Phi) is 7.42. The second-order valence-electron chi connectivity index (χ2n) is 5.72. The number of aliphatic imine (C=N–C) groups is 1. The van der Waals surface area contributed by atoms with Crippen LogP contribution >= 0.6 is 0 Å². The molecule has 0 unspecified atom stereocenters. The lowest BCUT2D eigenvalue weighted by atomic mass is 10.1. The zero-order valence-electron chi connectivity index (χ0n) is 15.7. The molecular formula is C19H24N4O4. The second kappa shape index (κ2) is 10.0. The average molecular weight is 372 g/mol. The monoisotopic (exact) mass is 372 g/mol. The molecule has 2 aromatic rings. The van der Waals surface area contributed by atoms with Crippen molar-refractivity contribution in [3.8, 4) is 11.5 Å². The minimum atomic E-state index is -0.411. The molecule has 27 heavy (non-hydrogen) atoms. The number of hydrogen-bond donors (Lipinski definition) is 2. The molecule has 0 atom stereocenters. The van der Waals surface area contributed by atoms with Gasteiger partial charge in [0.1, 0.15) is 0 Å². The molecule has 0 heterocycles. The van der Waals surface area contributed by atoms with Crippen molar-refractivity contribution in [2.75, 3.05) is 27.8 Å². The van der Waals surface area contributed by atoms with Crippen molar-refractivity contribution in [2.45, 2.75) is 13.0 Å². The van der Waals surface area contributed by atoms with Crippen molar-refractivity contribution < 1.29 is 14.4 Å². The topological polar surface area (TPSA) is 98.0 Å². The zero-order valence-corrected chi connectivity index (χ0v) is 15.7. The number of ether oxygens (including phenoxy) is 2. The number of guanidine groups is 1. The van der Waals surface area contributed by atoms with Crippen LogP contribution < -0.4 is 20.1 Å². The van der Waals surface area contributed by atoms with Gasteiger partial charge in [-0.1, -0.05) is 18.2 Å². The Balaban J connectivity index is 1.82. The lowest BCUT2D eigenvalue weighted by Crippen LogP contribution is -2.37. The number of hydrogen-bond acceptors (Lipinski definition) is 5. The first kappa shape index (κ1) is 20.0. The number of methoxy groups -OCH3 is 2. The minimum absolute atomic E-state index is 0.0798. The van der Waals surface area contributed by atoms with Gasteiger partial charge in [-0.05, 0) is 29.7 Å². The molecule has 144 valence electrons. The number of nitrogens with one attached hydrogen (secondary N) is 2. The van der Waals surface area contributed by atoms with Crippen molar-refractivity contribution in [3.05, 3.63) is 63.7 Å². The van der Waals surface area contributed by atoms with Crippen LogP contribution in [0.3, 0.4) is 0 Å². The molecule has 0 aliphatic heterocycles. The smallest absolute Gasteiger partial charge is 0.269 e. The molecule has 0 spiro atoms. The van der Waals surface area contributed by atoms with E-state index in [-0.39, 0.29) is 5.69 Å². The predicted molar refractivity (Wildman–Crippen MR) is 105 cm³/mol. The van der Waals surface area contributed by atoms with E-state index < -0.39 is 4.92 Å². The first-order chi connectivity index (χ1) is 13.1. The third-order valence-corrected chi connectivity index (χ3v) is 3.98. The maximum absolute atomic E-state index is 10.7. The van der Waals surface area contributed by atoms with Crippen LogP contribution in [0.15, 0.2) is 47.5 Å². The molecule has 0 fully saturated rings. The molecule has 2 N–H and O–H groups in total. The zero-order chi connectivity index (χ0) is 19.6. The highest BCUT2D eigenvalue weighted by Crippen LogP contribution is 2.27. The van der Waals surface area contributed by atoms with Gasteiger partial charge in [0.2, 0.25) is 0 Å². The van der Waals surface area contributed by atoms with E-state index in [2.05, 4.69) is 15.6 Å². The van der Waals surface area contributed by atoms with Gasteiger partial charge in [0.25, 0.3) is 5.69 Å². The molecule has 2 rings (SSSR count). The van der Waals surface area contributed by atoms with Crippen LogP contribution in [-0.2, 0) is 13.0 Å². The summed E-state index contributed by atoms with van der Waals surface area (Å²) in [4.78, 5) is 14.5. The van der Waals surface area contributed by atoms with Crippen molar-refractivity contribution in [3.63, 3.8) is 0 Å². The molecule has 0 saturated heterocycles. The van der Waals surface area contributed by atoms with Crippen LogP contribution in [0.1, 0.15) is 11.1 Å². The molecule has 0 radical (unpaired) electrons. The third kappa shape index (κ3) is 5.88. The van der Waals surface area contributed by atoms with Crippen LogP contribution in [-0.4, -0.2) is 38.7 Å². The minimum Gasteiger partial charge on any atom is -0.493 e. The highest BCUT2D eigenvalue weighted by Gasteiger charge is 2.06. The maximum Gasteiger partial charge on any atom is 0.269 e. The molecule has 0 saturated carbocycles. The van der Waals surface area contributed by atoms with Crippen molar-refractivity contribution in [1.29, 1.82) is 0 Å². The quantitative estimate of drug-likeness (QED) is 0.320. The number of benzene rings is 2. The maximum atomic E-state index is 10.7. The highest BCUT2D eigenvalue weighted by molar-refractivity contribution is 5.79. The summed E-state index contributed by atoms with van der Waals surface area (Å²) in [7, 11) is 4.92. The standard InChI is InChI=1S/C19H24N4O4/c1-20-19(22-13-15-4-7-16(8-5-15)23(24)25)21-11-10-14-6-9-17(26-2)18(12-14)27-3/h4-9,12H,10-11,13H2,1-3H3,(H2,20,21,22). The summed E-state index contributed by atoms with van der Waals surface area (Å²) in [6, 6.07) is 12.3. The van der Waals surface area contributed by atoms with Gasteiger partial charge in [0, 0.05) is 32.3 Å². The summed E-state index contributed by atoms with van der Waals surface area (Å²) in [5, 5.41) is 17.1. The normalized spacial score (nSPS) is 11.0. The molecule has 2 aromatic carbocycles. The SMILES string of the molecule is CN=C(NCCc1ccc(OC)c(OC)c1)NCc1ccc([N+](=O)[O-])cc1. The van der Waals surface area contributed by atoms with Crippen LogP contribution in [0.25, 0.3) is 0 Å². The summed E-state index contributed by atoms with van der Waals surface area (Å²) >= 11 is 0. The van der Waals surface area contributed by atoms with E-state index in [0.29, 0.717) is 30.5 Å². The number of nitrogens with zero attached hydrogens (tertiary/aromatic N) is 2. The number of nitro benzene ring substituents is 1. The van der Waals surface area contributed by atoms with E-state index in [9.17, 15) is 10.1 Å². The summed E-state index contributed by atoms with van der Waals surface area (Å²) in [6.07, 6.45) is 0.790. The van der Waals surface area contributed by atoms with E-state index >= 15 is 0 Å². The average Bonchev–Trinajstić information content (AvgIpc) is 2.70. The summed E-state index contributed by atoms with van der Waals surface area (Å²) < 4.78 is 10.6. The molecule has 0 bridgehead atoms. The van der Waals surface area contributed by atoms with E-state index in [1.807, 2.05) is 18.2 Å². The first-order valence-electron chi connectivity index (χ1n) is 8.46. The molecule has 8 heteroatoms. The number of non-ortho nitro benzene ring substituents is 1. The van der Waals surface area contributed by atoms with Gasteiger partial charge in [-0.15, -0.1) is 0 Å². The fourth-order valence-electron chi connectivity index (χ4n) is 2.50. The van der Waals surface area contributed by atoms with Crippen LogP contribution in [0.5, 0.6) is 11.5 Å². The Morgan fingerprint density at radius 3 is 2.30 bits per heavy atom. The fourth-order valence-corrected chi connectivity index (χ4v) is 2.50. The van der Waals surface area contributed by atoms with Gasteiger partial charge in [-0.3, -0.25) is 15.1 Å². The van der Waals surface area contributed by atoms with Crippen LogP contribution in [0.2, 0.25) is 0 Å². The Labute approximate surface area is 158 Å². The Hall–Kier alpha value is -3.29. The van der Waals surface area contributed by atoms with Crippen molar-refractivity contribution >= 4 is 11.6 Å². The number of nitro groups is 1. The van der Waals surface area contributed by atoms with Gasteiger partial charge < -0.3 is 20.1 Å². The predicted octanol–water partition coefficient (Wildman–Crippen LogP) is 2.52. The van der Waals surface area contributed by atoms with Crippen LogP contribution in [0.4, 0.5) is 5.69 Å². The highest BCUT2D eigenvalue weighted by atomic mass is 16.6. The fraction of sp³-hybridized carbons (Fsp3) is 0.316. The molecule has 0 aliphatic carbocycles. The molecule has 0 aliphatic rings. The Morgan fingerprint density at radius 2 is 1.70 bits per heavy atom. The Morgan fingerprint density at radius 1 is 1.04 bits per heavy atom. The molecule has 0 amide bonds. The van der Waals surface area contributed by atoms with Crippen molar-refractivity contribution in [1.82, 2.24) is 10.6 Å². The summed E-state index contributed by atoms with van der Waals surface area (Å²) in [6.45, 7) is 1.21. The summed E-state index contributed by atoms with van der Waals surface area (Å²) in [5.41, 5.74) is 2.13. The first-order valence-corrected chi connectivity index (χ1v) is 8.46. The van der Waals surface area contributed by atoms with Crippen LogP contribution in [0, 0.1) is 10.1 Å². The third-order valence-electron chi connectivity index (χ3n) is 3.98. The van der Waals surface area contributed by atoms with Crippen molar-refractivity contribution in [2.24, 2.45) is 4.99 Å². The Bertz CT molecular complexity index is 791. The van der Waals surface area contributed by atoms with Gasteiger partial charge >= 0.3 is 0 Å². The van der Waals surface area contributed by atoms with E-state index in [0.717, 1.165) is 17.5 Å². The summed E-state index contributed by atoms with van der Waals surface area (Å²) in [5.74, 6) is 2.07. The van der Waals surface area contributed by atoms with Gasteiger partial charge in [-0.2, -0.15) is 0 Å². The largest absolute Gasteiger partial charge is 0.493 e. The molecular weight excluding hydrogens is 348 g/mol. The lowest BCUT2D eigenvalue weighted by Gasteiger charge is -2.13. The van der Waals surface area contributed by atoms with E-state index in [4.69, 9.17) is 9.47 Å². The van der Waals surface area contributed by atoms with Gasteiger partial charge in [0.15, 0.2) is 17.5 Å². The second-order valence-corrected chi connectivity index (χ2v) is 5.72. The van der Waals surface area contributed by atoms with Gasteiger partial charge in [-0.25, -0.2) is 0 Å². The molecule has 8 nitrogen and oxygen atoms in total.